The highest BCUT2D eigenvalue weighted by molar-refractivity contribution is 7.52. The fraction of sp³-hybridized carbons (Fsp3) is 0.450. The second kappa shape index (κ2) is 10.4. The summed E-state index contributed by atoms with van der Waals surface area (Å²) in [4.78, 5) is 37.7. The first-order valence-corrected chi connectivity index (χ1v) is 11.7. The fourth-order valence-corrected chi connectivity index (χ4v) is 4.69. The molecule has 5 atom stereocenters. The van der Waals surface area contributed by atoms with Crippen LogP contribution in [0.4, 0.5) is 0 Å². The van der Waals surface area contributed by atoms with Crippen molar-refractivity contribution in [1.82, 2.24) is 14.6 Å². The van der Waals surface area contributed by atoms with Gasteiger partial charge >= 0.3 is 19.4 Å². The molecule has 1 fully saturated rings. The fourth-order valence-electron chi connectivity index (χ4n) is 3.18. The predicted octanol–water partition coefficient (Wildman–Crippen LogP) is 0.848. The normalized spacial score (nSPS) is 23.0. The van der Waals surface area contributed by atoms with Crippen LogP contribution in [-0.2, 0) is 23.4 Å². The number of carbonyl (C=O) groups is 1. The van der Waals surface area contributed by atoms with Crippen molar-refractivity contribution < 1.29 is 33.0 Å². The number of H-pyrrole nitrogens is 1. The minimum Gasteiger partial charge on any atom is -0.468 e. The van der Waals surface area contributed by atoms with E-state index in [4.69, 9.17) is 13.8 Å². The van der Waals surface area contributed by atoms with Crippen molar-refractivity contribution >= 4 is 13.7 Å². The van der Waals surface area contributed by atoms with Crippen LogP contribution in [0.3, 0.4) is 0 Å². The highest BCUT2D eigenvalue weighted by atomic mass is 31.2. The number of aliphatic hydroxyl groups excluding tert-OH is 1. The van der Waals surface area contributed by atoms with Crippen LogP contribution in [-0.4, -0.2) is 52.6 Å². The predicted molar refractivity (Wildman–Crippen MR) is 116 cm³/mol. The molecule has 2 unspecified atom stereocenters. The Morgan fingerprint density at radius 1 is 1.36 bits per heavy atom. The number of carbonyl (C=O) groups excluding carboxylic acids is 1. The van der Waals surface area contributed by atoms with E-state index in [2.05, 4.69) is 14.8 Å². The Morgan fingerprint density at radius 2 is 2.06 bits per heavy atom. The van der Waals surface area contributed by atoms with Crippen LogP contribution in [0.15, 0.2) is 46.1 Å². The summed E-state index contributed by atoms with van der Waals surface area (Å²) in [6, 6.07) is 7.18. The van der Waals surface area contributed by atoms with Gasteiger partial charge in [0, 0.05) is 18.2 Å². The van der Waals surface area contributed by atoms with Gasteiger partial charge in [0.15, 0.2) is 0 Å². The van der Waals surface area contributed by atoms with Crippen LogP contribution in [0.2, 0.25) is 0 Å². The Hall–Kier alpha value is -2.76. The van der Waals surface area contributed by atoms with Gasteiger partial charge in [-0.1, -0.05) is 18.2 Å². The first-order chi connectivity index (χ1) is 15.6. The summed E-state index contributed by atoms with van der Waals surface area (Å²) < 4.78 is 35.9. The van der Waals surface area contributed by atoms with E-state index in [0.29, 0.717) is 5.56 Å². The van der Waals surface area contributed by atoms with Gasteiger partial charge in [-0.25, -0.2) is 9.36 Å². The molecule has 0 amide bonds. The number of esters is 1. The highest BCUT2D eigenvalue weighted by Gasteiger charge is 2.39. The number of nitrogens with zero attached hydrogens (tertiary/aromatic N) is 1. The van der Waals surface area contributed by atoms with Gasteiger partial charge in [0.05, 0.1) is 19.8 Å². The number of hydrogen-bond donors (Lipinski definition) is 3. The maximum atomic E-state index is 13.4. The summed E-state index contributed by atoms with van der Waals surface area (Å²) in [5, 5.41) is 12.9. The van der Waals surface area contributed by atoms with Gasteiger partial charge in [-0.05, 0) is 26.0 Å². The van der Waals surface area contributed by atoms with E-state index < -0.39 is 49.4 Å². The molecule has 1 aromatic heterocycles. The van der Waals surface area contributed by atoms with Crippen molar-refractivity contribution in [3.63, 3.8) is 0 Å². The molecule has 13 heteroatoms. The molecule has 0 aliphatic carbocycles. The molecule has 1 aliphatic heterocycles. The molecule has 2 aromatic rings. The van der Waals surface area contributed by atoms with Crippen molar-refractivity contribution in [3.05, 3.63) is 62.9 Å². The molecule has 33 heavy (non-hydrogen) atoms. The van der Waals surface area contributed by atoms with Crippen LogP contribution >= 0.6 is 7.75 Å². The number of rotatable bonds is 9. The average molecular weight is 483 g/mol. The van der Waals surface area contributed by atoms with E-state index in [1.54, 1.807) is 30.3 Å². The lowest BCUT2D eigenvalue weighted by molar-refractivity contribution is -0.142. The molecule has 1 aliphatic rings. The van der Waals surface area contributed by atoms with E-state index in [1.807, 2.05) is 0 Å². The molecule has 3 rings (SSSR count). The van der Waals surface area contributed by atoms with Gasteiger partial charge in [0.1, 0.15) is 24.1 Å². The lowest BCUT2D eigenvalue weighted by Crippen LogP contribution is -2.36. The van der Waals surface area contributed by atoms with Crippen molar-refractivity contribution in [2.75, 3.05) is 13.7 Å². The first kappa shape index (κ1) is 24.9. The molecule has 1 saturated heterocycles. The number of aryl methyl sites for hydroxylation is 1. The number of aliphatic hydroxyl groups is 1. The van der Waals surface area contributed by atoms with Crippen LogP contribution in [0.5, 0.6) is 5.75 Å². The Bertz CT molecular complexity index is 1130. The molecule has 3 N–H and O–H groups in total. The monoisotopic (exact) mass is 483 g/mol. The van der Waals surface area contributed by atoms with E-state index in [0.717, 1.165) is 4.57 Å². The highest BCUT2D eigenvalue weighted by Crippen LogP contribution is 2.45. The van der Waals surface area contributed by atoms with E-state index in [1.165, 1.54) is 27.2 Å². The zero-order chi connectivity index (χ0) is 24.2. The standard InChI is InChI=1S/C20H26N3O9P/c1-12-10-23(20(27)21-18(12)25)17-9-15(24)16(31-17)11-30-33(28,22-13(2)19(26)29-3)32-14-7-5-4-6-8-14/h4-8,10,13,15-17,24H,9,11H2,1-3H3,(H,22,28)(H,21,25,27)/t13-,15?,16+,17+,33?/m0/s1. The molecular weight excluding hydrogens is 457 g/mol. The number of nitrogens with one attached hydrogen (secondary N) is 2. The lowest BCUT2D eigenvalue weighted by Gasteiger charge is -2.24. The molecule has 0 saturated carbocycles. The number of methoxy groups -OCH3 is 1. The molecule has 2 heterocycles. The Morgan fingerprint density at radius 3 is 2.73 bits per heavy atom. The quantitative estimate of drug-likeness (QED) is 0.345. The lowest BCUT2D eigenvalue weighted by atomic mass is 10.2. The molecule has 180 valence electrons. The minimum atomic E-state index is -4.12. The molecule has 12 nitrogen and oxygen atoms in total. The maximum absolute atomic E-state index is 13.4. The van der Waals surface area contributed by atoms with E-state index >= 15 is 0 Å². The summed E-state index contributed by atoms with van der Waals surface area (Å²) in [7, 11) is -2.93. The summed E-state index contributed by atoms with van der Waals surface area (Å²) in [5.74, 6) is -0.452. The number of benzene rings is 1. The van der Waals surface area contributed by atoms with Crippen LogP contribution in [0, 0.1) is 6.92 Å². The van der Waals surface area contributed by atoms with Gasteiger partial charge in [0.25, 0.3) is 5.56 Å². The van der Waals surface area contributed by atoms with Crippen LogP contribution < -0.4 is 20.9 Å². The Balaban J connectivity index is 1.73. The molecule has 0 bridgehead atoms. The van der Waals surface area contributed by atoms with Gasteiger partial charge in [-0.2, -0.15) is 5.09 Å². The zero-order valence-corrected chi connectivity index (χ0v) is 19.2. The molecule has 0 radical (unpaired) electrons. The van der Waals surface area contributed by atoms with Crippen molar-refractivity contribution in [2.45, 2.75) is 44.7 Å². The maximum Gasteiger partial charge on any atom is 0.459 e. The summed E-state index contributed by atoms with van der Waals surface area (Å²) >= 11 is 0. The third-order valence-electron chi connectivity index (χ3n) is 4.94. The Labute approximate surface area is 189 Å². The largest absolute Gasteiger partial charge is 0.468 e. The number of aromatic nitrogens is 2. The third kappa shape index (κ3) is 6.18. The molecular formula is C20H26N3O9P. The topological polar surface area (TPSA) is 158 Å². The number of para-hydroxylation sites is 1. The molecule has 0 spiro atoms. The van der Waals surface area contributed by atoms with Gasteiger partial charge in [-0.15, -0.1) is 0 Å². The number of aromatic amines is 1. The summed E-state index contributed by atoms with van der Waals surface area (Å²) in [5.41, 5.74) is -0.898. The zero-order valence-electron chi connectivity index (χ0n) is 18.3. The summed E-state index contributed by atoms with van der Waals surface area (Å²) in [6.07, 6.45) is -1.51. The SMILES string of the molecule is COC(=O)[C@H](C)NP(=O)(OC[C@H]1O[C@@H](n2cc(C)c(=O)[nH]c2=O)CC1O)Oc1ccccc1. The Kier molecular flexibility index (Phi) is 7.88. The summed E-state index contributed by atoms with van der Waals surface area (Å²) in [6.45, 7) is 2.59. The number of hydrogen-bond acceptors (Lipinski definition) is 9. The van der Waals surface area contributed by atoms with Crippen LogP contribution in [0.25, 0.3) is 0 Å². The van der Waals surface area contributed by atoms with Gasteiger partial charge < -0.3 is 19.1 Å². The minimum absolute atomic E-state index is 0.0370. The van der Waals surface area contributed by atoms with E-state index in [9.17, 15) is 24.1 Å². The van der Waals surface area contributed by atoms with E-state index in [-0.39, 0.29) is 18.8 Å². The van der Waals surface area contributed by atoms with Crippen molar-refractivity contribution in [1.29, 1.82) is 0 Å². The second-order valence-corrected chi connectivity index (χ2v) is 9.18. The number of ether oxygens (including phenoxy) is 2. The third-order valence-corrected chi connectivity index (χ3v) is 6.59. The van der Waals surface area contributed by atoms with Crippen molar-refractivity contribution in [3.8, 4) is 5.75 Å². The van der Waals surface area contributed by atoms with Crippen LogP contribution in [0.1, 0.15) is 25.1 Å². The molecule has 1 aromatic carbocycles. The average Bonchev–Trinajstić information content (AvgIpc) is 3.15. The van der Waals surface area contributed by atoms with Crippen molar-refractivity contribution in [2.24, 2.45) is 0 Å². The first-order valence-electron chi connectivity index (χ1n) is 10.1. The smallest absolute Gasteiger partial charge is 0.459 e. The van der Waals surface area contributed by atoms with Gasteiger partial charge in [-0.3, -0.25) is 23.7 Å². The second-order valence-electron chi connectivity index (χ2n) is 7.48. The van der Waals surface area contributed by atoms with Gasteiger partial charge in [0.2, 0.25) is 0 Å².